The van der Waals surface area contributed by atoms with Gasteiger partial charge in [-0.1, -0.05) is 0 Å². The fourth-order valence-electron chi connectivity index (χ4n) is 1.94. The van der Waals surface area contributed by atoms with Crippen LogP contribution in [0.4, 0.5) is 19.0 Å². The highest BCUT2D eigenvalue weighted by atomic mass is 79.9. The molecule has 104 valence electrons. The van der Waals surface area contributed by atoms with E-state index in [4.69, 9.17) is 5.73 Å². The zero-order valence-electron chi connectivity index (χ0n) is 9.75. The molecule has 4 nitrogen and oxygen atoms in total. The van der Waals surface area contributed by atoms with Crippen molar-refractivity contribution in [2.75, 3.05) is 18.0 Å². The van der Waals surface area contributed by atoms with Gasteiger partial charge in [0.1, 0.15) is 5.82 Å². The minimum atomic E-state index is -4.56. The molecule has 1 unspecified atom stereocenters. The van der Waals surface area contributed by atoms with Crippen LogP contribution in [-0.2, 0) is 11.0 Å². The molecule has 2 heterocycles. The van der Waals surface area contributed by atoms with Crippen LogP contribution in [0.25, 0.3) is 0 Å². The van der Waals surface area contributed by atoms with Crippen LogP contribution in [0.5, 0.6) is 0 Å². The number of pyridine rings is 1. The van der Waals surface area contributed by atoms with Crippen LogP contribution in [0.2, 0.25) is 0 Å². The van der Waals surface area contributed by atoms with Gasteiger partial charge < -0.3 is 5.73 Å². The maximum absolute atomic E-state index is 12.7. The first kappa shape index (κ1) is 14.3. The Hall–Kier alpha value is -1.15. The maximum Gasteiger partial charge on any atom is 0.434 e. The molecule has 0 aromatic carbocycles. The summed E-state index contributed by atoms with van der Waals surface area (Å²) in [6.45, 7) is 0.631. The first-order valence-corrected chi connectivity index (χ1v) is 6.36. The highest BCUT2D eigenvalue weighted by molar-refractivity contribution is 9.10. The van der Waals surface area contributed by atoms with Crippen molar-refractivity contribution in [2.24, 2.45) is 11.7 Å². The molecule has 1 aromatic heterocycles. The van der Waals surface area contributed by atoms with E-state index in [2.05, 4.69) is 20.9 Å². The van der Waals surface area contributed by atoms with E-state index in [0.29, 0.717) is 13.1 Å². The molecule has 1 aromatic rings. The molecule has 0 bridgehead atoms. The summed E-state index contributed by atoms with van der Waals surface area (Å²) in [7, 11) is 0. The fraction of sp³-hybridized carbons (Fsp3) is 0.455. The third-order valence-electron chi connectivity index (χ3n) is 2.91. The molecule has 1 amide bonds. The second kappa shape index (κ2) is 5.09. The first-order chi connectivity index (χ1) is 8.82. The average molecular weight is 338 g/mol. The number of halogens is 4. The Morgan fingerprint density at radius 3 is 2.68 bits per heavy atom. The van der Waals surface area contributed by atoms with Crippen molar-refractivity contribution in [3.05, 3.63) is 22.3 Å². The fourth-order valence-corrected chi connectivity index (χ4v) is 2.39. The maximum atomic E-state index is 12.7. The molecule has 2 rings (SSSR count). The first-order valence-electron chi connectivity index (χ1n) is 5.57. The van der Waals surface area contributed by atoms with Crippen molar-refractivity contribution in [3.63, 3.8) is 0 Å². The summed E-state index contributed by atoms with van der Waals surface area (Å²) in [6.07, 6.45) is -4.32. The molecular formula is C11H11BrF3N3O. The predicted octanol–water partition coefficient (Wildman–Crippen LogP) is 2.17. The molecule has 0 aliphatic carbocycles. The van der Waals surface area contributed by atoms with E-state index in [0.717, 1.165) is 0 Å². The quantitative estimate of drug-likeness (QED) is 0.899. The monoisotopic (exact) mass is 337 g/mol. The average Bonchev–Trinajstić information content (AvgIpc) is 2.70. The summed E-state index contributed by atoms with van der Waals surface area (Å²) in [5.41, 5.74) is 4.44. The Kier molecular flexibility index (Phi) is 3.82. The van der Waals surface area contributed by atoms with Crippen molar-refractivity contribution in [1.82, 2.24) is 4.98 Å². The number of anilines is 1. The Labute approximate surface area is 115 Å². The van der Waals surface area contributed by atoms with Crippen LogP contribution in [-0.4, -0.2) is 24.0 Å². The number of nitrogens with zero attached hydrogens (tertiary/aromatic N) is 2. The SMILES string of the molecule is NCC1CC(=O)N(c2ccc(Br)c(C(F)(F)F)n2)C1. The van der Waals surface area contributed by atoms with E-state index in [-0.39, 0.29) is 28.5 Å². The second-order valence-corrected chi connectivity index (χ2v) is 5.16. The van der Waals surface area contributed by atoms with Crippen molar-refractivity contribution in [3.8, 4) is 0 Å². The highest BCUT2D eigenvalue weighted by Crippen LogP contribution is 2.35. The van der Waals surface area contributed by atoms with Gasteiger partial charge >= 0.3 is 6.18 Å². The number of amides is 1. The van der Waals surface area contributed by atoms with E-state index < -0.39 is 11.9 Å². The number of carbonyl (C=O) groups excluding carboxylic acids is 1. The zero-order valence-corrected chi connectivity index (χ0v) is 11.3. The Morgan fingerprint density at radius 2 is 2.16 bits per heavy atom. The van der Waals surface area contributed by atoms with Gasteiger partial charge in [0.15, 0.2) is 5.69 Å². The molecule has 8 heteroatoms. The molecule has 1 saturated heterocycles. The van der Waals surface area contributed by atoms with Gasteiger partial charge in [0.05, 0.1) is 0 Å². The normalized spacial score (nSPS) is 20.2. The van der Waals surface area contributed by atoms with E-state index in [9.17, 15) is 18.0 Å². The summed E-state index contributed by atoms with van der Waals surface area (Å²) >= 11 is 2.81. The predicted molar refractivity (Wildman–Crippen MR) is 66.5 cm³/mol. The van der Waals surface area contributed by atoms with E-state index in [1.165, 1.54) is 17.0 Å². The summed E-state index contributed by atoms with van der Waals surface area (Å²) in [5.74, 6) is -0.276. The summed E-state index contributed by atoms with van der Waals surface area (Å²) in [4.78, 5) is 16.5. The van der Waals surface area contributed by atoms with Crippen molar-refractivity contribution < 1.29 is 18.0 Å². The molecule has 1 aliphatic heterocycles. The lowest BCUT2D eigenvalue weighted by Crippen LogP contribution is -2.27. The summed E-state index contributed by atoms with van der Waals surface area (Å²) in [6, 6.07) is 2.63. The van der Waals surface area contributed by atoms with E-state index in [1.807, 2.05) is 0 Å². The highest BCUT2D eigenvalue weighted by Gasteiger charge is 2.37. The number of carbonyl (C=O) groups is 1. The van der Waals surface area contributed by atoms with Crippen molar-refractivity contribution in [2.45, 2.75) is 12.6 Å². The molecule has 1 fully saturated rings. The lowest BCUT2D eigenvalue weighted by atomic mass is 10.1. The minimum Gasteiger partial charge on any atom is -0.330 e. The molecule has 19 heavy (non-hydrogen) atoms. The lowest BCUT2D eigenvalue weighted by molar-refractivity contribution is -0.141. The van der Waals surface area contributed by atoms with Crippen LogP contribution in [0.15, 0.2) is 16.6 Å². The molecule has 0 radical (unpaired) electrons. The topological polar surface area (TPSA) is 59.2 Å². The van der Waals surface area contributed by atoms with Gasteiger partial charge in [0, 0.05) is 17.4 Å². The number of hydrogen-bond donors (Lipinski definition) is 1. The van der Waals surface area contributed by atoms with E-state index in [1.54, 1.807) is 0 Å². The van der Waals surface area contributed by atoms with Crippen LogP contribution in [0.3, 0.4) is 0 Å². The number of rotatable bonds is 2. The van der Waals surface area contributed by atoms with Gasteiger partial charge in [-0.05, 0) is 40.5 Å². The van der Waals surface area contributed by atoms with Crippen LogP contribution in [0, 0.1) is 5.92 Å². The van der Waals surface area contributed by atoms with Crippen LogP contribution < -0.4 is 10.6 Å². The van der Waals surface area contributed by atoms with Gasteiger partial charge in [-0.15, -0.1) is 0 Å². The summed E-state index contributed by atoms with van der Waals surface area (Å²) in [5, 5.41) is 0. The smallest absolute Gasteiger partial charge is 0.330 e. The second-order valence-electron chi connectivity index (χ2n) is 4.31. The van der Waals surface area contributed by atoms with Gasteiger partial charge in [-0.2, -0.15) is 13.2 Å². The standard InChI is InChI=1S/C11H11BrF3N3O/c12-7-1-2-8(17-10(7)11(13,14)15)18-5-6(4-16)3-9(18)19/h1-2,6H,3-5,16H2. The van der Waals surface area contributed by atoms with Crippen LogP contribution in [0.1, 0.15) is 12.1 Å². The summed E-state index contributed by atoms with van der Waals surface area (Å²) < 4.78 is 38.1. The Balaban J connectivity index is 2.34. The van der Waals surface area contributed by atoms with Crippen LogP contribution >= 0.6 is 15.9 Å². The van der Waals surface area contributed by atoms with Gasteiger partial charge in [-0.25, -0.2) is 4.98 Å². The molecule has 1 aliphatic rings. The lowest BCUT2D eigenvalue weighted by Gasteiger charge is -2.17. The molecule has 2 N–H and O–H groups in total. The number of alkyl halides is 3. The van der Waals surface area contributed by atoms with Gasteiger partial charge in [0.2, 0.25) is 5.91 Å². The van der Waals surface area contributed by atoms with E-state index >= 15 is 0 Å². The van der Waals surface area contributed by atoms with Crippen molar-refractivity contribution in [1.29, 1.82) is 0 Å². The molecule has 1 atom stereocenters. The number of nitrogens with two attached hydrogens (primary N) is 1. The van der Waals surface area contributed by atoms with Gasteiger partial charge in [0.25, 0.3) is 0 Å². The largest absolute Gasteiger partial charge is 0.434 e. The number of aromatic nitrogens is 1. The molecule has 0 saturated carbocycles. The molecular weight excluding hydrogens is 327 g/mol. The third kappa shape index (κ3) is 2.89. The number of hydrogen-bond acceptors (Lipinski definition) is 3. The third-order valence-corrected chi connectivity index (χ3v) is 3.55. The zero-order chi connectivity index (χ0) is 14.2. The Bertz CT molecular complexity index is 506. The minimum absolute atomic E-state index is 0.0106. The molecule has 0 spiro atoms. The van der Waals surface area contributed by atoms with Crippen molar-refractivity contribution >= 4 is 27.7 Å². The Morgan fingerprint density at radius 1 is 1.47 bits per heavy atom. The van der Waals surface area contributed by atoms with Gasteiger partial charge in [-0.3, -0.25) is 9.69 Å².